The Labute approximate surface area is 188 Å². The standard InChI is InChI=1S/C24H19F2N3O3S/c25-20-10-9-17(13-21(20)26)33(31,32)28-16-7-5-15(6-8-16)24(30)29-12-11-23-19(14-29)18-3-1-2-4-22(18)27-23/h1-10,13,27-28H,11-12,14H2. The zero-order chi connectivity index (χ0) is 23.2. The van der Waals surface area contributed by atoms with Crippen molar-refractivity contribution in [2.45, 2.75) is 17.9 Å². The van der Waals surface area contributed by atoms with Crippen LogP contribution >= 0.6 is 0 Å². The van der Waals surface area contributed by atoms with E-state index in [0.717, 1.165) is 40.7 Å². The molecule has 0 radical (unpaired) electrons. The fraction of sp³-hybridized carbons (Fsp3) is 0.125. The lowest BCUT2D eigenvalue weighted by Crippen LogP contribution is -2.35. The number of aromatic amines is 1. The van der Waals surface area contributed by atoms with Crippen LogP contribution in [0.1, 0.15) is 21.6 Å². The van der Waals surface area contributed by atoms with Crippen LogP contribution in [0, 0.1) is 11.6 Å². The van der Waals surface area contributed by atoms with E-state index >= 15 is 0 Å². The van der Waals surface area contributed by atoms with Gasteiger partial charge < -0.3 is 9.88 Å². The fourth-order valence-corrected chi connectivity index (χ4v) is 5.13. The Bertz CT molecular complexity index is 1480. The van der Waals surface area contributed by atoms with Gasteiger partial charge in [-0.15, -0.1) is 0 Å². The summed E-state index contributed by atoms with van der Waals surface area (Å²) in [7, 11) is -4.11. The van der Waals surface area contributed by atoms with Gasteiger partial charge in [-0.05, 0) is 48.5 Å². The number of aromatic nitrogens is 1. The van der Waals surface area contributed by atoms with E-state index < -0.39 is 26.6 Å². The number of carbonyl (C=O) groups excluding carboxylic acids is 1. The summed E-state index contributed by atoms with van der Waals surface area (Å²) in [5.74, 6) is -2.53. The Kier molecular flexibility index (Phi) is 5.13. The first-order chi connectivity index (χ1) is 15.8. The third kappa shape index (κ3) is 3.95. The van der Waals surface area contributed by atoms with Crippen molar-refractivity contribution in [1.82, 2.24) is 9.88 Å². The van der Waals surface area contributed by atoms with Crippen molar-refractivity contribution < 1.29 is 22.0 Å². The van der Waals surface area contributed by atoms with Crippen molar-refractivity contribution in [3.63, 3.8) is 0 Å². The highest BCUT2D eigenvalue weighted by Gasteiger charge is 2.25. The molecule has 2 N–H and O–H groups in total. The summed E-state index contributed by atoms with van der Waals surface area (Å²) in [4.78, 5) is 17.8. The van der Waals surface area contributed by atoms with Crippen molar-refractivity contribution in [2.75, 3.05) is 11.3 Å². The van der Waals surface area contributed by atoms with Gasteiger partial charge in [-0.25, -0.2) is 17.2 Å². The number of hydrogen-bond donors (Lipinski definition) is 2. The maximum atomic E-state index is 13.4. The minimum absolute atomic E-state index is 0.152. The number of para-hydroxylation sites is 1. The average molecular weight is 467 g/mol. The number of amides is 1. The molecule has 0 atom stereocenters. The third-order valence-corrected chi connectivity index (χ3v) is 7.13. The van der Waals surface area contributed by atoms with Crippen LogP contribution < -0.4 is 4.72 Å². The quantitative estimate of drug-likeness (QED) is 0.465. The number of anilines is 1. The van der Waals surface area contributed by atoms with Gasteiger partial charge >= 0.3 is 0 Å². The van der Waals surface area contributed by atoms with E-state index in [0.29, 0.717) is 24.7 Å². The van der Waals surface area contributed by atoms with E-state index in [-0.39, 0.29) is 11.6 Å². The van der Waals surface area contributed by atoms with Gasteiger partial charge in [0, 0.05) is 52.9 Å². The molecule has 4 aromatic rings. The summed E-state index contributed by atoms with van der Waals surface area (Å²) >= 11 is 0. The molecule has 0 unspecified atom stereocenters. The van der Waals surface area contributed by atoms with Crippen LogP contribution in [-0.4, -0.2) is 30.8 Å². The summed E-state index contributed by atoms with van der Waals surface area (Å²) in [6.07, 6.45) is 0.724. The molecule has 168 valence electrons. The Morgan fingerprint density at radius 2 is 1.73 bits per heavy atom. The lowest BCUT2D eigenvalue weighted by Gasteiger charge is -2.27. The second-order valence-electron chi connectivity index (χ2n) is 7.86. The molecule has 0 aliphatic carbocycles. The van der Waals surface area contributed by atoms with Crippen molar-refractivity contribution in [2.24, 2.45) is 0 Å². The van der Waals surface area contributed by atoms with Crippen molar-refractivity contribution in [3.8, 4) is 0 Å². The van der Waals surface area contributed by atoms with Gasteiger partial charge in [0.1, 0.15) is 0 Å². The minimum Gasteiger partial charge on any atom is -0.358 e. The first kappa shape index (κ1) is 21.1. The molecule has 6 nitrogen and oxygen atoms in total. The molecule has 3 aromatic carbocycles. The van der Waals surface area contributed by atoms with Gasteiger partial charge in [0.15, 0.2) is 11.6 Å². The predicted octanol–water partition coefficient (Wildman–Crippen LogP) is 4.45. The molecule has 1 aromatic heterocycles. The monoisotopic (exact) mass is 467 g/mol. The minimum atomic E-state index is -4.11. The zero-order valence-electron chi connectivity index (χ0n) is 17.3. The summed E-state index contributed by atoms with van der Waals surface area (Å²) < 4.78 is 53.7. The summed E-state index contributed by atoms with van der Waals surface area (Å²) in [5, 5.41) is 1.10. The highest BCUT2D eigenvalue weighted by molar-refractivity contribution is 7.92. The third-order valence-electron chi connectivity index (χ3n) is 5.76. The Morgan fingerprint density at radius 1 is 0.970 bits per heavy atom. The van der Waals surface area contributed by atoms with E-state index in [4.69, 9.17) is 0 Å². The molecule has 33 heavy (non-hydrogen) atoms. The Morgan fingerprint density at radius 3 is 2.48 bits per heavy atom. The number of nitrogens with one attached hydrogen (secondary N) is 2. The lowest BCUT2D eigenvalue weighted by molar-refractivity contribution is 0.0735. The zero-order valence-corrected chi connectivity index (χ0v) is 18.1. The summed E-state index contributed by atoms with van der Waals surface area (Å²) in [5.41, 5.74) is 3.93. The van der Waals surface area contributed by atoms with Crippen molar-refractivity contribution >= 4 is 32.5 Å². The molecule has 5 rings (SSSR count). The predicted molar refractivity (Wildman–Crippen MR) is 120 cm³/mol. The number of sulfonamides is 1. The molecule has 1 aliphatic heterocycles. The second kappa shape index (κ2) is 8.00. The number of halogens is 2. The topological polar surface area (TPSA) is 82.3 Å². The van der Waals surface area contributed by atoms with Crippen molar-refractivity contribution in [3.05, 3.63) is 95.2 Å². The molecule has 0 saturated carbocycles. The van der Waals surface area contributed by atoms with Crippen LogP contribution in [0.4, 0.5) is 14.5 Å². The van der Waals surface area contributed by atoms with E-state index in [9.17, 15) is 22.0 Å². The summed E-state index contributed by atoms with van der Waals surface area (Å²) in [6.45, 7) is 1.06. The number of benzene rings is 3. The molecule has 0 saturated heterocycles. The van der Waals surface area contributed by atoms with E-state index in [2.05, 4.69) is 9.71 Å². The Hall–Kier alpha value is -3.72. The molecular formula is C24H19F2N3O3S. The SMILES string of the molecule is O=C(c1ccc(NS(=O)(=O)c2ccc(F)c(F)c2)cc1)N1CCc2[nH]c3ccccc3c2C1. The highest BCUT2D eigenvalue weighted by atomic mass is 32.2. The van der Waals surface area contributed by atoms with Crippen molar-refractivity contribution in [1.29, 1.82) is 0 Å². The molecule has 2 heterocycles. The maximum absolute atomic E-state index is 13.4. The van der Waals surface area contributed by atoms with E-state index in [1.165, 1.54) is 24.3 Å². The largest absolute Gasteiger partial charge is 0.358 e. The first-order valence-corrected chi connectivity index (χ1v) is 11.8. The van der Waals surface area contributed by atoms with Crippen LogP contribution in [0.3, 0.4) is 0 Å². The van der Waals surface area contributed by atoms with Gasteiger partial charge in [-0.3, -0.25) is 9.52 Å². The highest BCUT2D eigenvalue weighted by Crippen LogP contribution is 2.28. The lowest BCUT2D eigenvalue weighted by atomic mass is 10.0. The molecule has 1 amide bonds. The molecule has 9 heteroatoms. The number of rotatable bonds is 4. The molecule has 0 fully saturated rings. The van der Waals surface area contributed by atoms with Crippen LogP contribution in [0.2, 0.25) is 0 Å². The number of nitrogens with zero attached hydrogens (tertiary/aromatic N) is 1. The van der Waals surface area contributed by atoms with E-state index in [1.807, 2.05) is 24.3 Å². The van der Waals surface area contributed by atoms with Gasteiger partial charge in [-0.1, -0.05) is 18.2 Å². The van der Waals surface area contributed by atoms with Gasteiger partial charge in [0.2, 0.25) is 0 Å². The second-order valence-corrected chi connectivity index (χ2v) is 9.55. The van der Waals surface area contributed by atoms with Crippen LogP contribution in [0.15, 0.2) is 71.6 Å². The average Bonchev–Trinajstić information content (AvgIpc) is 3.18. The molecular weight excluding hydrogens is 448 g/mol. The smallest absolute Gasteiger partial charge is 0.261 e. The van der Waals surface area contributed by atoms with Gasteiger partial charge in [0.25, 0.3) is 15.9 Å². The number of fused-ring (bicyclic) bond motifs is 3. The first-order valence-electron chi connectivity index (χ1n) is 10.3. The van der Waals surface area contributed by atoms with Crippen LogP contribution in [0.25, 0.3) is 10.9 Å². The molecule has 1 aliphatic rings. The normalized spacial score (nSPS) is 13.7. The number of H-pyrrole nitrogens is 1. The summed E-state index contributed by atoms with van der Waals surface area (Å²) in [6, 6.07) is 16.3. The van der Waals surface area contributed by atoms with Gasteiger partial charge in [-0.2, -0.15) is 0 Å². The maximum Gasteiger partial charge on any atom is 0.261 e. The van der Waals surface area contributed by atoms with Crippen LogP contribution in [0.5, 0.6) is 0 Å². The van der Waals surface area contributed by atoms with Gasteiger partial charge in [0.05, 0.1) is 4.90 Å². The van der Waals surface area contributed by atoms with E-state index in [1.54, 1.807) is 4.90 Å². The van der Waals surface area contributed by atoms with Crippen LogP contribution in [-0.2, 0) is 23.0 Å². The molecule has 0 bridgehead atoms. The number of carbonyl (C=O) groups is 1. The Balaban J connectivity index is 1.32. The fourth-order valence-electron chi connectivity index (χ4n) is 4.06. The molecule has 0 spiro atoms. The number of hydrogen-bond acceptors (Lipinski definition) is 3.